The average Bonchev–Trinajstić information content (AvgIpc) is 2.92. The molecule has 0 saturated carbocycles. The van der Waals surface area contributed by atoms with Crippen LogP contribution in [0.4, 0.5) is 4.39 Å². The van der Waals surface area contributed by atoms with E-state index in [1.54, 1.807) is 6.07 Å². The molecule has 0 saturated heterocycles. The fourth-order valence-corrected chi connectivity index (χ4v) is 2.27. The van der Waals surface area contributed by atoms with Crippen LogP contribution < -0.4 is 5.32 Å². The second kappa shape index (κ2) is 5.10. The van der Waals surface area contributed by atoms with Crippen molar-refractivity contribution in [3.05, 3.63) is 59.9 Å². The Hall–Kier alpha value is -2.13. The third kappa shape index (κ3) is 2.21. The molecule has 1 atom stereocenters. The summed E-state index contributed by atoms with van der Waals surface area (Å²) in [4.78, 5) is 0. The smallest absolute Gasteiger partial charge is 0.170 e. The lowest BCUT2D eigenvalue weighted by molar-refractivity contribution is 0.568. The summed E-state index contributed by atoms with van der Waals surface area (Å²) >= 11 is 0. The van der Waals surface area contributed by atoms with Gasteiger partial charge < -0.3 is 9.73 Å². The molecule has 2 nitrogen and oxygen atoms in total. The first-order valence-corrected chi connectivity index (χ1v) is 6.64. The molecule has 102 valence electrons. The zero-order valence-electron chi connectivity index (χ0n) is 11.5. The van der Waals surface area contributed by atoms with Gasteiger partial charge in [-0.1, -0.05) is 36.4 Å². The van der Waals surface area contributed by atoms with Gasteiger partial charge in [0.25, 0.3) is 0 Å². The van der Waals surface area contributed by atoms with Crippen molar-refractivity contribution in [3.8, 4) is 11.3 Å². The maximum absolute atomic E-state index is 13.6. The predicted octanol–water partition coefficient (Wildman–Crippen LogP) is 4.52. The van der Waals surface area contributed by atoms with Gasteiger partial charge in [-0.25, -0.2) is 4.39 Å². The van der Waals surface area contributed by atoms with E-state index in [2.05, 4.69) is 24.4 Å². The highest BCUT2D eigenvalue weighted by atomic mass is 19.1. The SMILES string of the molecule is CNC(C)c1ccc(-c2cc3cccc(F)c3o2)cc1. The number of para-hydroxylation sites is 1. The molecule has 0 radical (unpaired) electrons. The van der Waals surface area contributed by atoms with Crippen molar-refractivity contribution in [1.29, 1.82) is 0 Å². The Kier molecular flexibility index (Phi) is 3.28. The van der Waals surface area contributed by atoms with Gasteiger partial charge in [0, 0.05) is 17.0 Å². The maximum Gasteiger partial charge on any atom is 0.170 e. The van der Waals surface area contributed by atoms with E-state index in [9.17, 15) is 4.39 Å². The molecule has 1 N–H and O–H groups in total. The van der Waals surface area contributed by atoms with Crippen LogP contribution in [0.25, 0.3) is 22.3 Å². The fourth-order valence-electron chi connectivity index (χ4n) is 2.27. The zero-order valence-corrected chi connectivity index (χ0v) is 11.5. The fraction of sp³-hybridized carbons (Fsp3) is 0.176. The highest BCUT2D eigenvalue weighted by molar-refractivity contribution is 5.83. The number of nitrogens with one attached hydrogen (secondary N) is 1. The number of rotatable bonds is 3. The van der Waals surface area contributed by atoms with Crippen LogP contribution in [0.2, 0.25) is 0 Å². The van der Waals surface area contributed by atoms with Gasteiger partial charge in [-0.3, -0.25) is 0 Å². The molecular formula is C17H16FNO. The molecule has 0 amide bonds. The molecule has 3 rings (SSSR count). The Morgan fingerprint density at radius 1 is 1.10 bits per heavy atom. The minimum Gasteiger partial charge on any atom is -0.453 e. The van der Waals surface area contributed by atoms with Gasteiger partial charge in [0.1, 0.15) is 5.76 Å². The molecule has 0 aliphatic heterocycles. The quantitative estimate of drug-likeness (QED) is 0.756. The zero-order chi connectivity index (χ0) is 14.1. The van der Waals surface area contributed by atoms with E-state index in [-0.39, 0.29) is 5.82 Å². The minimum atomic E-state index is -0.325. The lowest BCUT2D eigenvalue weighted by Gasteiger charge is -2.10. The van der Waals surface area contributed by atoms with Crippen molar-refractivity contribution in [2.75, 3.05) is 7.05 Å². The van der Waals surface area contributed by atoms with Gasteiger partial charge in [0.2, 0.25) is 0 Å². The van der Waals surface area contributed by atoms with Crippen molar-refractivity contribution in [2.45, 2.75) is 13.0 Å². The molecule has 3 heteroatoms. The van der Waals surface area contributed by atoms with Gasteiger partial charge in [-0.15, -0.1) is 0 Å². The molecule has 1 unspecified atom stereocenters. The summed E-state index contributed by atoms with van der Waals surface area (Å²) in [5.41, 5.74) is 2.47. The van der Waals surface area contributed by atoms with Crippen LogP contribution in [0, 0.1) is 5.82 Å². The third-order valence-electron chi connectivity index (χ3n) is 3.62. The molecule has 0 bridgehead atoms. The summed E-state index contributed by atoms with van der Waals surface area (Å²) < 4.78 is 19.2. The number of fused-ring (bicyclic) bond motifs is 1. The van der Waals surface area contributed by atoms with Crippen LogP contribution in [0.15, 0.2) is 52.9 Å². The number of hydrogen-bond acceptors (Lipinski definition) is 2. The molecule has 20 heavy (non-hydrogen) atoms. The molecule has 3 aromatic rings. The molecular weight excluding hydrogens is 253 g/mol. The first-order chi connectivity index (χ1) is 9.69. The van der Waals surface area contributed by atoms with Crippen molar-refractivity contribution in [1.82, 2.24) is 5.32 Å². The van der Waals surface area contributed by atoms with Gasteiger partial charge in [0.05, 0.1) is 0 Å². The van der Waals surface area contributed by atoms with E-state index in [4.69, 9.17) is 4.42 Å². The molecule has 2 aromatic carbocycles. The second-order valence-corrected chi connectivity index (χ2v) is 4.90. The van der Waals surface area contributed by atoms with Gasteiger partial charge in [0.15, 0.2) is 11.4 Å². The molecule has 0 aliphatic rings. The lowest BCUT2D eigenvalue weighted by Crippen LogP contribution is -2.11. The van der Waals surface area contributed by atoms with Crippen LogP contribution in [-0.4, -0.2) is 7.05 Å². The monoisotopic (exact) mass is 269 g/mol. The van der Waals surface area contributed by atoms with Crippen molar-refractivity contribution in [3.63, 3.8) is 0 Å². The Morgan fingerprint density at radius 3 is 2.50 bits per heavy atom. The normalized spacial score (nSPS) is 12.8. The minimum absolute atomic E-state index is 0.303. The van der Waals surface area contributed by atoms with E-state index < -0.39 is 0 Å². The number of halogens is 1. The Balaban J connectivity index is 2.00. The Bertz CT molecular complexity index is 730. The predicted molar refractivity (Wildman–Crippen MR) is 79.1 cm³/mol. The van der Waals surface area contributed by atoms with Crippen LogP contribution in [0.1, 0.15) is 18.5 Å². The summed E-state index contributed by atoms with van der Waals surface area (Å²) in [5, 5.41) is 3.98. The molecule has 1 heterocycles. The van der Waals surface area contributed by atoms with Crippen LogP contribution in [0.3, 0.4) is 0 Å². The average molecular weight is 269 g/mol. The Labute approximate surface area is 117 Å². The molecule has 0 aliphatic carbocycles. The lowest BCUT2D eigenvalue weighted by atomic mass is 10.1. The van der Waals surface area contributed by atoms with Crippen molar-refractivity contribution >= 4 is 11.0 Å². The number of benzene rings is 2. The summed E-state index contributed by atoms with van der Waals surface area (Å²) in [7, 11) is 1.93. The van der Waals surface area contributed by atoms with Gasteiger partial charge >= 0.3 is 0 Å². The molecule has 0 fully saturated rings. The summed E-state index contributed by atoms with van der Waals surface area (Å²) in [6, 6.07) is 15.2. The van der Waals surface area contributed by atoms with E-state index in [1.807, 2.05) is 31.3 Å². The number of furan rings is 1. The molecule has 0 spiro atoms. The third-order valence-corrected chi connectivity index (χ3v) is 3.62. The van der Waals surface area contributed by atoms with Gasteiger partial charge in [-0.2, -0.15) is 0 Å². The first kappa shape index (κ1) is 12.9. The van der Waals surface area contributed by atoms with Gasteiger partial charge in [-0.05, 0) is 31.7 Å². The van der Waals surface area contributed by atoms with E-state index in [0.717, 1.165) is 10.9 Å². The second-order valence-electron chi connectivity index (χ2n) is 4.90. The van der Waals surface area contributed by atoms with E-state index >= 15 is 0 Å². The van der Waals surface area contributed by atoms with E-state index in [0.29, 0.717) is 17.4 Å². The van der Waals surface area contributed by atoms with Crippen molar-refractivity contribution in [2.24, 2.45) is 0 Å². The van der Waals surface area contributed by atoms with Crippen LogP contribution >= 0.6 is 0 Å². The first-order valence-electron chi connectivity index (χ1n) is 6.64. The number of hydrogen-bond donors (Lipinski definition) is 1. The molecule has 1 aromatic heterocycles. The summed E-state index contributed by atoms with van der Waals surface area (Å²) in [6.45, 7) is 2.10. The maximum atomic E-state index is 13.6. The summed E-state index contributed by atoms with van der Waals surface area (Å²) in [6.07, 6.45) is 0. The van der Waals surface area contributed by atoms with E-state index in [1.165, 1.54) is 11.6 Å². The largest absolute Gasteiger partial charge is 0.453 e. The highest BCUT2D eigenvalue weighted by Crippen LogP contribution is 2.29. The standard InChI is InChI=1S/C17H16FNO/c1-11(19-2)12-6-8-13(9-7-12)16-10-14-4-3-5-15(18)17(14)20-16/h3-11,19H,1-2H3. The summed E-state index contributed by atoms with van der Waals surface area (Å²) in [5.74, 6) is 0.364. The van der Waals surface area contributed by atoms with Crippen LogP contribution in [-0.2, 0) is 0 Å². The topological polar surface area (TPSA) is 25.2 Å². The highest BCUT2D eigenvalue weighted by Gasteiger charge is 2.10. The van der Waals surface area contributed by atoms with Crippen molar-refractivity contribution < 1.29 is 8.81 Å². The van der Waals surface area contributed by atoms with Crippen LogP contribution in [0.5, 0.6) is 0 Å². The Morgan fingerprint density at radius 2 is 1.85 bits per heavy atom.